The normalized spacial score (nSPS) is 14.2. The second-order valence-corrected chi connectivity index (χ2v) is 5.94. The SMILES string of the molecule is [C-]1=C(Cc2ccccc2)C=CC1.[C-]1=C(Cc2ccccc2)C=CC1.[H-].[H-].[Ti+4]. The Morgan fingerprint density at radius 3 is 1.36 bits per heavy atom. The molecule has 124 valence electrons. The van der Waals surface area contributed by atoms with Gasteiger partial charge in [-0.2, -0.15) is 12.2 Å². The van der Waals surface area contributed by atoms with Gasteiger partial charge in [-0.15, -0.1) is 12.8 Å². The molecule has 0 amide bonds. The van der Waals surface area contributed by atoms with Crippen molar-refractivity contribution in [3.63, 3.8) is 0 Å². The van der Waals surface area contributed by atoms with Gasteiger partial charge in [-0.1, -0.05) is 60.7 Å². The van der Waals surface area contributed by atoms with E-state index in [-0.39, 0.29) is 24.6 Å². The summed E-state index contributed by atoms with van der Waals surface area (Å²) in [4.78, 5) is 0. The number of benzene rings is 2. The molecule has 25 heavy (non-hydrogen) atoms. The van der Waals surface area contributed by atoms with Crippen molar-refractivity contribution < 1.29 is 24.6 Å². The molecule has 0 radical (unpaired) electrons. The fourth-order valence-electron chi connectivity index (χ4n) is 2.77. The van der Waals surface area contributed by atoms with Crippen LogP contribution in [0.2, 0.25) is 0 Å². The Balaban J connectivity index is 0.000000451. The van der Waals surface area contributed by atoms with E-state index in [4.69, 9.17) is 0 Å². The average molecular weight is 360 g/mol. The van der Waals surface area contributed by atoms with Gasteiger partial charge in [0.05, 0.1) is 0 Å². The molecule has 0 heterocycles. The van der Waals surface area contributed by atoms with Crippen LogP contribution in [0.25, 0.3) is 0 Å². The van der Waals surface area contributed by atoms with Crippen LogP contribution in [0.4, 0.5) is 0 Å². The van der Waals surface area contributed by atoms with Crippen molar-refractivity contribution in [1.82, 2.24) is 0 Å². The molecule has 2 aromatic carbocycles. The van der Waals surface area contributed by atoms with Crippen LogP contribution < -0.4 is 0 Å². The molecule has 0 bridgehead atoms. The third-order valence-corrected chi connectivity index (χ3v) is 4.01. The van der Waals surface area contributed by atoms with Gasteiger partial charge in [-0.05, 0) is 24.0 Å². The van der Waals surface area contributed by atoms with E-state index in [1.807, 2.05) is 12.1 Å². The molecular formula is C24H24Ti. The van der Waals surface area contributed by atoms with Gasteiger partial charge in [-0.25, -0.2) is 23.3 Å². The molecule has 0 spiro atoms. The minimum absolute atomic E-state index is 0. The van der Waals surface area contributed by atoms with Crippen LogP contribution in [0.15, 0.2) is 96.1 Å². The third kappa shape index (κ3) is 6.86. The first-order chi connectivity index (χ1) is 11.9. The monoisotopic (exact) mass is 360 g/mol. The van der Waals surface area contributed by atoms with E-state index in [0.29, 0.717) is 0 Å². The molecule has 0 nitrogen and oxygen atoms in total. The molecule has 2 aliphatic carbocycles. The molecule has 0 N–H and O–H groups in total. The summed E-state index contributed by atoms with van der Waals surface area (Å²) in [5.74, 6) is 0. The Hall–Kier alpha value is -1.89. The van der Waals surface area contributed by atoms with E-state index in [1.165, 1.54) is 22.3 Å². The maximum absolute atomic E-state index is 3.31. The van der Waals surface area contributed by atoms with Gasteiger partial charge in [0.2, 0.25) is 0 Å². The molecule has 0 unspecified atom stereocenters. The summed E-state index contributed by atoms with van der Waals surface area (Å²) in [6.45, 7) is 0. The maximum atomic E-state index is 3.31. The van der Waals surface area contributed by atoms with E-state index in [0.717, 1.165) is 25.7 Å². The molecule has 2 aromatic rings. The van der Waals surface area contributed by atoms with E-state index < -0.39 is 0 Å². The molecule has 0 saturated heterocycles. The Morgan fingerprint density at radius 2 is 1.04 bits per heavy atom. The van der Waals surface area contributed by atoms with Crippen LogP contribution >= 0.6 is 0 Å². The molecule has 4 rings (SSSR count). The van der Waals surface area contributed by atoms with Crippen molar-refractivity contribution >= 4 is 0 Å². The van der Waals surface area contributed by atoms with Crippen molar-refractivity contribution in [2.45, 2.75) is 25.7 Å². The summed E-state index contributed by atoms with van der Waals surface area (Å²) >= 11 is 0. The van der Waals surface area contributed by atoms with Crippen molar-refractivity contribution in [3.05, 3.63) is 119 Å². The zero-order chi connectivity index (χ0) is 16.5. The standard InChI is InChI=1S/2C12H11.Ti.2H/c2*1-2-6-11(7-3-1)10-12-8-4-5-9-12;;;/h2*1-4,6-8H,5,10H2;;;/q2*-1;+4;2*-1. The summed E-state index contributed by atoms with van der Waals surface area (Å²) in [5, 5.41) is 0. The van der Waals surface area contributed by atoms with Gasteiger partial charge in [0, 0.05) is 0 Å². The molecule has 2 aliphatic rings. The smallest absolute Gasteiger partial charge is 1.00 e. The average Bonchev–Trinajstić information content (AvgIpc) is 3.32. The van der Waals surface area contributed by atoms with Crippen molar-refractivity contribution in [3.8, 4) is 0 Å². The fraction of sp³-hybridized carbons (Fsp3) is 0.167. The fourth-order valence-corrected chi connectivity index (χ4v) is 2.77. The molecular weight excluding hydrogens is 336 g/mol. The van der Waals surface area contributed by atoms with Crippen LogP contribution in [0.5, 0.6) is 0 Å². The van der Waals surface area contributed by atoms with E-state index in [9.17, 15) is 0 Å². The van der Waals surface area contributed by atoms with Gasteiger partial charge < -0.3 is 2.85 Å². The van der Waals surface area contributed by atoms with E-state index >= 15 is 0 Å². The molecule has 0 aromatic heterocycles. The summed E-state index contributed by atoms with van der Waals surface area (Å²) in [6.07, 6.45) is 19.3. The first-order valence-corrected chi connectivity index (χ1v) is 8.50. The largest absolute Gasteiger partial charge is 4.00 e. The Bertz CT molecular complexity index is 692. The van der Waals surface area contributed by atoms with Gasteiger partial charge in [0.15, 0.2) is 0 Å². The summed E-state index contributed by atoms with van der Waals surface area (Å²) in [7, 11) is 0. The topological polar surface area (TPSA) is 0 Å². The second kappa shape index (κ2) is 10.9. The predicted octanol–water partition coefficient (Wildman–Crippen LogP) is 6.06. The number of hydrogen-bond donors (Lipinski definition) is 0. The second-order valence-electron chi connectivity index (χ2n) is 5.94. The molecule has 0 atom stereocenters. The van der Waals surface area contributed by atoms with Crippen LogP contribution in [-0.2, 0) is 34.6 Å². The van der Waals surface area contributed by atoms with Gasteiger partial charge in [0.1, 0.15) is 0 Å². The van der Waals surface area contributed by atoms with Crippen LogP contribution in [0.1, 0.15) is 26.8 Å². The van der Waals surface area contributed by atoms with Crippen molar-refractivity contribution in [2.75, 3.05) is 0 Å². The van der Waals surface area contributed by atoms with Crippen LogP contribution in [0.3, 0.4) is 0 Å². The van der Waals surface area contributed by atoms with Gasteiger partial charge in [0.25, 0.3) is 0 Å². The number of rotatable bonds is 4. The summed E-state index contributed by atoms with van der Waals surface area (Å²) < 4.78 is 0. The predicted molar refractivity (Wildman–Crippen MR) is 104 cm³/mol. The Kier molecular flexibility index (Phi) is 8.45. The number of hydrogen-bond acceptors (Lipinski definition) is 0. The first kappa shape index (κ1) is 19.4. The van der Waals surface area contributed by atoms with E-state index in [2.05, 4.69) is 85.0 Å². The molecule has 0 saturated carbocycles. The van der Waals surface area contributed by atoms with Gasteiger partial charge in [-0.3, -0.25) is 12.2 Å². The quantitative estimate of drug-likeness (QED) is 0.459. The van der Waals surface area contributed by atoms with Crippen molar-refractivity contribution in [1.29, 1.82) is 0 Å². The maximum Gasteiger partial charge on any atom is 4.00 e. The van der Waals surface area contributed by atoms with Crippen LogP contribution in [-0.4, -0.2) is 0 Å². The summed E-state index contributed by atoms with van der Waals surface area (Å²) in [6, 6.07) is 21.0. The van der Waals surface area contributed by atoms with Crippen LogP contribution in [0, 0.1) is 12.2 Å². The molecule has 0 aliphatic heterocycles. The summed E-state index contributed by atoms with van der Waals surface area (Å²) in [5.41, 5.74) is 5.38. The Morgan fingerprint density at radius 1 is 0.640 bits per heavy atom. The zero-order valence-electron chi connectivity index (χ0n) is 16.4. The zero-order valence-corrected chi connectivity index (χ0v) is 16.0. The third-order valence-electron chi connectivity index (χ3n) is 4.01. The minimum atomic E-state index is 0. The van der Waals surface area contributed by atoms with Gasteiger partial charge >= 0.3 is 21.7 Å². The number of allylic oxidation sites excluding steroid dienone is 8. The van der Waals surface area contributed by atoms with E-state index in [1.54, 1.807) is 0 Å². The Labute approximate surface area is 169 Å². The van der Waals surface area contributed by atoms with Crippen molar-refractivity contribution in [2.24, 2.45) is 0 Å². The first-order valence-electron chi connectivity index (χ1n) is 8.50. The molecule has 0 fully saturated rings. The minimum Gasteiger partial charge on any atom is -1.00 e. The molecule has 1 heteroatoms.